The van der Waals surface area contributed by atoms with E-state index < -0.39 is 8.32 Å². The van der Waals surface area contributed by atoms with E-state index >= 15 is 0 Å². The number of nitrogen functional groups attached to an aromatic ring is 1. The summed E-state index contributed by atoms with van der Waals surface area (Å²) in [5.74, 6) is 0.201. The van der Waals surface area contributed by atoms with Gasteiger partial charge >= 0.3 is 0 Å². The van der Waals surface area contributed by atoms with Crippen molar-refractivity contribution >= 4 is 37.0 Å². The zero-order valence-electron chi connectivity index (χ0n) is 17.6. The number of fused-ring (bicyclic) bond motifs is 1. The molecule has 2 saturated carbocycles. The number of imidazole rings is 1. The second-order valence-corrected chi connectivity index (χ2v) is 15.3. The van der Waals surface area contributed by atoms with Gasteiger partial charge in [-0.2, -0.15) is 9.97 Å². The maximum atomic E-state index is 6.94. The smallest absolute Gasteiger partial charge is 0.223 e. The molecule has 1 spiro atoms. The van der Waals surface area contributed by atoms with Gasteiger partial charge in [0.15, 0.2) is 19.1 Å². The Morgan fingerprint density at radius 2 is 2.00 bits per heavy atom. The Morgan fingerprint density at radius 3 is 2.71 bits per heavy atom. The van der Waals surface area contributed by atoms with Gasteiger partial charge in [0.1, 0.15) is 5.52 Å². The standard InChI is InChI=1S/C20H32ClN5OSi/c1-19(2,3)28(4,5)27-14-7-6-9-20(14)10-8-13(11-20)26-12-23-15-16(21)24-18(22)25-17(15)26/h12-14H,6-11H2,1-5H3,(H2,22,24,25)/t13-,14+,20+/m0/s1. The summed E-state index contributed by atoms with van der Waals surface area (Å²) in [6.45, 7) is 11.7. The molecule has 0 bridgehead atoms. The van der Waals surface area contributed by atoms with Crippen molar-refractivity contribution in [2.24, 2.45) is 5.41 Å². The molecule has 2 N–H and O–H groups in total. The van der Waals surface area contributed by atoms with Crippen LogP contribution in [0.15, 0.2) is 6.33 Å². The lowest BCUT2D eigenvalue weighted by Crippen LogP contribution is -2.47. The molecule has 28 heavy (non-hydrogen) atoms. The number of aromatic nitrogens is 4. The van der Waals surface area contributed by atoms with Gasteiger partial charge in [0.05, 0.1) is 12.4 Å². The van der Waals surface area contributed by atoms with E-state index in [1.807, 2.05) is 6.33 Å². The van der Waals surface area contributed by atoms with E-state index in [4.69, 9.17) is 21.8 Å². The SMILES string of the molecule is CC(C)(C)[Si](C)(C)O[C@@H]1CCC[C@]12CC[C@H](n1cnc3c(Cl)nc(N)nc31)C2. The number of anilines is 1. The Morgan fingerprint density at radius 1 is 1.25 bits per heavy atom. The maximum Gasteiger partial charge on any atom is 0.223 e. The summed E-state index contributed by atoms with van der Waals surface area (Å²) in [7, 11) is -1.78. The monoisotopic (exact) mass is 421 g/mol. The first kappa shape index (κ1) is 20.1. The summed E-state index contributed by atoms with van der Waals surface area (Å²) in [4.78, 5) is 12.9. The first-order chi connectivity index (χ1) is 13.0. The highest BCUT2D eigenvalue weighted by Gasteiger charge is 2.52. The topological polar surface area (TPSA) is 78.8 Å². The molecule has 2 fully saturated rings. The van der Waals surface area contributed by atoms with E-state index in [0.717, 1.165) is 18.5 Å². The summed E-state index contributed by atoms with van der Waals surface area (Å²) in [5.41, 5.74) is 7.50. The lowest BCUT2D eigenvalue weighted by molar-refractivity contribution is 0.0641. The molecule has 2 aliphatic carbocycles. The molecule has 0 aromatic carbocycles. The first-order valence-electron chi connectivity index (χ1n) is 10.4. The van der Waals surface area contributed by atoms with Gasteiger partial charge in [0.25, 0.3) is 0 Å². The van der Waals surface area contributed by atoms with Gasteiger partial charge < -0.3 is 14.7 Å². The molecule has 154 valence electrons. The van der Waals surface area contributed by atoms with Crippen LogP contribution in [0.5, 0.6) is 0 Å². The summed E-state index contributed by atoms with van der Waals surface area (Å²) < 4.78 is 9.10. The normalized spacial score (nSPS) is 28.6. The van der Waals surface area contributed by atoms with Crippen LogP contribution in [-0.4, -0.2) is 33.9 Å². The summed E-state index contributed by atoms with van der Waals surface area (Å²) in [6, 6.07) is 0.360. The van der Waals surface area contributed by atoms with E-state index in [0.29, 0.717) is 22.8 Å². The second-order valence-electron chi connectivity index (χ2n) is 10.2. The van der Waals surface area contributed by atoms with E-state index in [2.05, 4.69) is 53.4 Å². The molecule has 2 aromatic heterocycles. The predicted molar refractivity (Wildman–Crippen MR) is 116 cm³/mol. The average molecular weight is 422 g/mol. The van der Waals surface area contributed by atoms with Crippen LogP contribution >= 0.6 is 11.6 Å². The number of rotatable bonds is 3. The van der Waals surface area contributed by atoms with Gasteiger partial charge in [-0.25, -0.2) is 4.98 Å². The number of halogens is 1. The molecule has 2 aromatic rings. The zero-order valence-corrected chi connectivity index (χ0v) is 19.4. The van der Waals surface area contributed by atoms with Crippen molar-refractivity contribution in [2.45, 2.75) is 89.6 Å². The molecule has 2 heterocycles. The number of nitrogens with zero attached hydrogens (tertiary/aromatic N) is 4. The van der Waals surface area contributed by atoms with Crippen molar-refractivity contribution in [3.8, 4) is 0 Å². The van der Waals surface area contributed by atoms with Crippen molar-refractivity contribution in [1.82, 2.24) is 19.5 Å². The Labute approximate surface area is 173 Å². The molecule has 0 radical (unpaired) electrons. The fraction of sp³-hybridized carbons (Fsp3) is 0.750. The molecule has 4 rings (SSSR count). The lowest BCUT2D eigenvalue weighted by Gasteiger charge is -2.43. The van der Waals surface area contributed by atoms with Gasteiger partial charge in [-0.05, 0) is 55.7 Å². The molecular weight excluding hydrogens is 390 g/mol. The summed E-state index contributed by atoms with van der Waals surface area (Å²) in [5, 5.41) is 0.564. The predicted octanol–water partition coefficient (Wildman–Crippen LogP) is 5.35. The average Bonchev–Trinajstić information content (AvgIpc) is 3.26. The Bertz CT molecular complexity index is 893. The second kappa shape index (κ2) is 6.67. The van der Waals surface area contributed by atoms with Crippen LogP contribution in [0.2, 0.25) is 23.3 Å². The van der Waals surface area contributed by atoms with E-state index in [-0.39, 0.29) is 16.4 Å². The van der Waals surface area contributed by atoms with Crippen LogP contribution in [-0.2, 0) is 4.43 Å². The maximum absolute atomic E-state index is 6.94. The van der Waals surface area contributed by atoms with Gasteiger partial charge in [-0.15, -0.1) is 0 Å². The van der Waals surface area contributed by atoms with Crippen LogP contribution in [0.3, 0.4) is 0 Å². The molecule has 2 aliphatic rings. The number of hydrogen-bond acceptors (Lipinski definition) is 5. The third kappa shape index (κ3) is 3.25. The fourth-order valence-electron chi connectivity index (χ4n) is 4.87. The zero-order chi connectivity index (χ0) is 20.3. The van der Waals surface area contributed by atoms with Gasteiger partial charge in [-0.3, -0.25) is 0 Å². The van der Waals surface area contributed by atoms with Gasteiger partial charge in [0.2, 0.25) is 5.95 Å². The highest BCUT2D eigenvalue weighted by atomic mass is 35.5. The highest BCUT2D eigenvalue weighted by molar-refractivity contribution is 6.74. The first-order valence-corrected chi connectivity index (χ1v) is 13.6. The molecule has 0 unspecified atom stereocenters. The van der Waals surface area contributed by atoms with Crippen molar-refractivity contribution < 1.29 is 4.43 Å². The largest absolute Gasteiger partial charge is 0.413 e. The molecule has 6 nitrogen and oxygen atoms in total. The van der Waals surface area contributed by atoms with Crippen molar-refractivity contribution in [3.05, 3.63) is 11.5 Å². The van der Waals surface area contributed by atoms with Gasteiger partial charge in [0, 0.05) is 6.04 Å². The molecule has 0 aliphatic heterocycles. The van der Waals surface area contributed by atoms with Gasteiger partial charge in [-0.1, -0.05) is 38.8 Å². The Kier molecular flexibility index (Phi) is 4.79. The minimum atomic E-state index is -1.78. The highest BCUT2D eigenvalue weighted by Crippen LogP contribution is 2.57. The van der Waals surface area contributed by atoms with E-state index in [1.165, 1.54) is 25.7 Å². The van der Waals surface area contributed by atoms with E-state index in [1.54, 1.807) is 0 Å². The van der Waals surface area contributed by atoms with Crippen molar-refractivity contribution in [3.63, 3.8) is 0 Å². The molecule has 8 heteroatoms. The Balaban J connectivity index is 1.59. The number of hydrogen-bond donors (Lipinski definition) is 1. The quantitative estimate of drug-likeness (QED) is 0.533. The molecule has 0 amide bonds. The van der Waals surface area contributed by atoms with Crippen LogP contribution in [0.1, 0.15) is 65.3 Å². The van der Waals surface area contributed by atoms with Crippen LogP contribution in [0, 0.1) is 5.41 Å². The summed E-state index contributed by atoms with van der Waals surface area (Å²) in [6.07, 6.45) is 9.36. The van der Waals surface area contributed by atoms with Crippen LogP contribution in [0.4, 0.5) is 5.95 Å². The Hall–Kier alpha value is -1.18. The molecular formula is C20H32ClN5OSi. The van der Waals surface area contributed by atoms with E-state index in [9.17, 15) is 0 Å². The fourth-order valence-corrected chi connectivity index (χ4v) is 6.53. The summed E-state index contributed by atoms with van der Waals surface area (Å²) >= 11 is 6.22. The van der Waals surface area contributed by atoms with Crippen molar-refractivity contribution in [1.29, 1.82) is 0 Å². The van der Waals surface area contributed by atoms with Crippen molar-refractivity contribution in [2.75, 3.05) is 5.73 Å². The molecule has 0 saturated heterocycles. The van der Waals surface area contributed by atoms with Crippen LogP contribution < -0.4 is 5.73 Å². The minimum Gasteiger partial charge on any atom is -0.413 e. The van der Waals surface area contributed by atoms with Crippen LogP contribution in [0.25, 0.3) is 11.2 Å². The molecule has 3 atom stereocenters. The minimum absolute atomic E-state index is 0.201. The third-order valence-corrected chi connectivity index (χ3v) is 12.2. The third-order valence-electron chi connectivity index (χ3n) is 7.47. The lowest BCUT2D eigenvalue weighted by atomic mass is 9.82. The number of nitrogens with two attached hydrogens (primary N) is 1.